The molecule has 0 saturated carbocycles. The van der Waals surface area contributed by atoms with E-state index in [1.807, 2.05) is 0 Å². The highest BCUT2D eigenvalue weighted by atomic mass is 16.4. The normalized spacial score (nSPS) is 12.3. The zero-order valence-corrected chi connectivity index (χ0v) is 25.1. The van der Waals surface area contributed by atoms with Crippen LogP contribution in [0.15, 0.2) is 0 Å². The number of carboxylic acids is 2. The number of nitrogens with one attached hydrogen (secondary N) is 3. The molecule has 0 aromatic carbocycles. The summed E-state index contributed by atoms with van der Waals surface area (Å²) in [5, 5.41) is 34.6. The van der Waals surface area contributed by atoms with E-state index in [1.165, 1.54) is 51.4 Å². The minimum Gasteiger partial charge on any atom is -0.481 e. The van der Waals surface area contributed by atoms with Gasteiger partial charge in [-0.2, -0.15) is 0 Å². The molecule has 0 spiro atoms. The number of amides is 3. The second-order valence-corrected chi connectivity index (χ2v) is 10.9. The number of aliphatic carboxylic acids is 2. The van der Waals surface area contributed by atoms with Gasteiger partial charge in [0.1, 0.15) is 6.04 Å². The van der Waals surface area contributed by atoms with E-state index in [-0.39, 0.29) is 38.2 Å². The molecule has 11 nitrogen and oxygen atoms in total. The topological polar surface area (TPSA) is 182 Å². The smallest absolute Gasteiger partial charge is 0.326 e. The largest absolute Gasteiger partial charge is 0.481 e. The molecule has 3 amide bonds. The van der Waals surface area contributed by atoms with Crippen LogP contribution in [0.2, 0.25) is 0 Å². The summed E-state index contributed by atoms with van der Waals surface area (Å²) in [4.78, 5) is 57.7. The van der Waals surface area contributed by atoms with Crippen molar-refractivity contribution in [2.75, 3.05) is 13.2 Å². The van der Waals surface area contributed by atoms with Crippen molar-refractivity contribution >= 4 is 29.7 Å². The number of rotatable bonds is 28. The molecule has 0 saturated heterocycles. The Kier molecular flexibility index (Phi) is 24.5. The van der Waals surface area contributed by atoms with Gasteiger partial charge in [-0.05, 0) is 32.6 Å². The van der Waals surface area contributed by atoms with Crippen LogP contribution in [0.5, 0.6) is 0 Å². The van der Waals surface area contributed by atoms with Crippen molar-refractivity contribution in [1.82, 2.24) is 16.0 Å². The van der Waals surface area contributed by atoms with Gasteiger partial charge in [0.05, 0.1) is 6.61 Å². The molecule has 0 bridgehead atoms. The van der Waals surface area contributed by atoms with E-state index in [2.05, 4.69) is 16.0 Å². The van der Waals surface area contributed by atoms with Gasteiger partial charge < -0.3 is 31.3 Å². The minimum atomic E-state index is -1.22. The number of hydrogen-bond donors (Lipinski definition) is 6. The first-order chi connectivity index (χ1) is 19.6. The van der Waals surface area contributed by atoms with E-state index in [1.54, 1.807) is 6.92 Å². The van der Waals surface area contributed by atoms with Gasteiger partial charge in [-0.15, -0.1) is 0 Å². The molecule has 11 heteroatoms. The molecule has 0 aliphatic rings. The molecular formula is C30H55N3O8. The zero-order chi connectivity index (χ0) is 30.7. The molecule has 0 unspecified atom stereocenters. The van der Waals surface area contributed by atoms with E-state index in [0.717, 1.165) is 38.5 Å². The van der Waals surface area contributed by atoms with Crippen molar-refractivity contribution in [3.05, 3.63) is 0 Å². The van der Waals surface area contributed by atoms with Gasteiger partial charge in [0.25, 0.3) is 0 Å². The van der Waals surface area contributed by atoms with Crippen molar-refractivity contribution in [2.24, 2.45) is 0 Å². The summed E-state index contributed by atoms with van der Waals surface area (Å²) in [6.07, 6.45) is 16.9. The molecule has 0 aliphatic carbocycles. The monoisotopic (exact) mass is 585 g/mol. The lowest BCUT2D eigenvalue weighted by atomic mass is 10.0. The van der Waals surface area contributed by atoms with E-state index >= 15 is 0 Å². The van der Waals surface area contributed by atoms with Crippen LogP contribution in [0.1, 0.15) is 135 Å². The average molecular weight is 586 g/mol. The Hall–Kier alpha value is -2.69. The summed E-state index contributed by atoms with van der Waals surface area (Å²) in [5.41, 5.74) is 0. The van der Waals surface area contributed by atoms with Crippen molar-refractivity contribution in [3.8, 4) is 0 Å². The lowest BCUT2D eigenvalue weighted by molar-refractivity contribution is -0.142. The van der Waals surface area contributed by atoms with Crippen molar-refractivity contribution in [3.63, 3.8) is 0 Å². The molecule has 6 N–H and O–H groups in total. The van der Waals surface area contributed by atoms with Crippen molar-refractivity contribution in [1.29, 1.82) is 0 Å². The Morgan fingerprint density at radius 1 is 0.561 bits per heavy atom. The van der Waals surface area contributed by atoms with Crippen molar-refractivity contribution in [2.45, 2.75) is 147 Å². The number of carboxylic acid groups (broad SMARTS) is 2. The third-order valence-corrected chi connectivity index (χ3v) is 6.92. The van der Waals surface area contributed by atoms with Crippen LogP contribution >= 0.6 is 0 Å². The van der Waals surface area contributed by atoms with Gasteiger partial charge in [-0.3, -0.25) is 19.2 Å². The Morgan fingerprint density at radius 2 is 1.00 bits per heavy atom. The maximum atomic E-state index is 12.1. The molecule has 0 aromatic heterocycles. The summed E-state index contributed by atoms with van der Waals surface area (Å²) in [6.45, 7) is 1.75. The Balaban J connectivity index is 3.63. The van der Waals surface area contributed by atoms with Crippen LogP contribution in [0.25, 0.3) is 0 Å². The molecule has 0 fully saturated rings. The van der Waals surface area contributed by atoms with Crippen LogP contribution < -0.4 is 16.0 Å². The SMILES string of the molecule is C[C@H](CO)NC(=O)CC[C@H](NC(=O)CCCNC(=O)CCCCCCCCCCCCCCCCC(=O)O)C(=O)O. The van der Waals surface area contributed by atoms with Crippen LogP contribution in [-0.2, 0) is 24.0 Å². The van der Waals surface area contributed by atoms with Gasteiger partial charge >= 0.3 is 11.9 Å². The standard InChI is InChI=1S/C30H55N3O8/c1-24(23-34)32-28(37)21-20-25(30(40)41)33-27(36)18-16-22-31-26(35)17-14-12-10-8-6-4-2-3-5-7-9-11-13-15-19-29(38)39/h24-25,34H,2-23H2,1H3,(H,31,35)(H,32,37)(H,33,36)(H,38,39)(H,40,41)/t24-,25+/m1/s1. The molecule has 0 aromatic rings. The third-order valence-electron chi connectivity index (χ3n) is 6.92. The highest BCUT2D eigenvalue weighted by molar-refractivity contribution is 5.84. The zero-order valence-electron chi connectivity index (χ0n) is 25.1. The number of aliphatic hydroxyl groups excluding tert-OH is 1. The predicted octanol–water partition coefficient (Wildman–Crippen LogP) is 4.06. The highest BCUT2D eigenvalue weighted by Crippen LogP contribution is 2.13. The molecule has 0 heterocycles. The van der Waals surface area contributed by atoms with Gasteiger partial charge in [-0.25, -0.2) is 4.79 Å². The fourth-order valence-electron chi connectivity index (χ4n) is 4.44. The molecule has 0 aliphatic heterocycles. The summed E-state index contributed by atoms with van der Waals surface area (Å²) in [5.74, 6) is -2.80. The maximum absolute atomic E-state index is 12.1. The Morgan fingerprint density at radius 3 is 1.46 bits per heavy atom. The van der Waals surface area contributed by atoms with Gasteiger partial charge in [0, 0.05) is 38.3 Å². The van der Waals surface area contributed by atoms with Gasteiger partial charge in [-0.1, -0.05) is 77.0 Å². The second-order valence-electron chi connectivity index (χ2n) is 10.9. The average Bonchev–Trinajstić information content (AvgIpc) is 2.92. The fourth-order valence-corrected chi connectivity index (χ4v) is 4.44. The van der Waals surface area contributed by atoms with E-state index < -0.39 is 35.8 Å². The molecule has 0 rings (SSSR count). The number of hydrogen-bond acceptors (Lipinski definition) is 6. The highest BCUT2D eigenvalue weighted by Gasteiger charge is 2.21. The molecule has 238 valence electrons. The van der Waals surface area contributed by atoms with Crippen LogP contribution in [0.4, 0.5) is 0 Å². The first-order valence-electron chi connectivity index (χ1n) is 15.6. The van der Waals surface area contributed by atoms with Crippen molar-refractivity contribution < 1.29 is 39.3 Å². The fraction of sp³-hybridized carbons (Fsp3) is 0.833. The number of aliphatic hydroxyl groups is 1. The maximum Gasteiger partial charge on any atom is 0.326 e. The second kappa shape index (κ2) is 26.2. The Labute approximate surface area is 245 Å². The van der Waals surface area contributed by atoms with E-state index in [0.29, 0.717) is 19.4 Å². The summed E-state index contributed by atoms with van der Waals surface area (Å²) < 4.78 is 0. The minimum absolute atomic E-state index is 0.0428. The first kappa shape index (κ1) is 38.3. The third kappa shape index (κ3) is 26.0. The first-order valence-corrected chi connectivity index (χ1v) is 15.6. The summed E-state index contributed by atoms with van der Waals surface area (Å²) in [7, 11) is 0. The number of carbonyl (C=O) groups excluding carboxylic acids is 3. The summed E-state index contributed by atoms with van der Waals surface area (Å²) in [6, 6.07) is -1.60. The van der Waals surface area contributed by atoms with Gasteiger partial charge in [0.15, 0.2) is 0 Å². The van der Waals surface area contributed by atoms with Gasteiger partial charge in [0.2, 0.25) is 17.7 Å². The molecular weight excluding hydrogens is 530 g/mol. The quantitative estimate of drug-likeness (QED) is 0.0743. The Bertz CT molecular complexity index is 747. The molecule has 2 atom stereocenters. The number of carbonyl (C=O) groups is 5. The van der Waals surface area contributed by atoms with E-state index in [4.69, 9.17) is 10.2 Å². The predicted molar refractivity (Wildman–Crippen MR) is 157 cm³/mol. The van der Waals surface area contributed by atoms with Crippen LogP contribution in [0, 0.1) is 0 Å². The van der Waals surface area contributed by atoms with E-state index in [9.17, 15) is 29.1 Å². The molecule has 0 radical (unpaired) electrons. The number of unbranched alkanes of at least 4 members (excludes halogenated alkanes) is 13. The lowest BCUT2D eigenvalue weighted by Crippen LogP contribution is -2.42. The summed E-state index contributed by atoms with van der Waals surface area (Å²) >= 11 is 0. The lowest BCUT2D eigenvalue weighted by Gasteiger charge is -2.15. The van der Waals surface area contributed by atoms with Crippen LogP contribution in [0.3, 0.4) is 0 Å². The molecule has 41 heavy (non-hydrogen) atoms. The van der Waals surface area contributed by atoms with Crippen LogP contribution in [-0.4, -0.2) is 70.2 Å².